The van der Waals surface area contributed by atoms with Crippen molar-refractivity contribution in [1.29, 1.82) is 0 Å². The number of pyridine rings is 1. The van der Waals surface area contributed by atoms with Gasteiger partial charge in [0, 0.05) is 24.2 Å². The highest BCUT2D eigenvalue weighted by atomic mass is 19.3. The van der Waals surface area contributed by atoms with E-state index in [4.69, 9.17) is 9.84 Å². The zero-order valence-corrected chi connectivity index (χ0v) is 13.8. The highest BCUT2D eigenvalue weighted by molar-refractivity contribution is 5.84. The first-order valence-electron chi connectivity index (χ1n) is 7.72. The molecule has 0 spiro atoms. The van der Waals surface area contributed by atoms with Crippen LogP contribution in [0.4, 0.5) is 14.6 Å². The van der Waals surface area contributed by atoms with Crippen LogP contribution < -0.4 is 9.64 Å². The molecule has 1 aliphatic rings. The summed E-state index contributed by atoms with van der Waals surface area (Å²) in [4.78, 5) is 20.5. The molecule has 2 aromatic rings. The normalized spacial score (nSPS) is 19.2. The number of carbonyl (C=O) groups is 1. The molecule has 9 heteroatoms. The van der Waals surface area contributed by atoms with Crippen molar-refractivity contribution in [2.24, 2.45) is 5.92 Å². The molecule has 7 nitrogen and oxygen atoms in total. The Kier molecular flexibility index (Phi) is 4.32. The van der Waals surface area contributed by atoms with Crippen LogP contribution in [0.15, 0.2) is 24.7 Å². The fourth-order valence-corrected chi connectivity index (χ4v) is 2.80. The summed E-state index contributed by atoms with van der Waals surface area (Å²) in [5.41, 5.74) is 0.636. The number of hydrogen-bond acceptors (Lipinski definition) is 5. The molecule has 3 heterocycles. The molecule has 0 aliphatic carbocycles. The summed E-state index contributed by atoms with van der Waals surface area (Å²) in [6.45, 7) is 1.69. The quantitative estimate of drug-likeness (QED) is 0.888. The predicted molar refractivity (Wildman–Crippen MR) is 85.4 cm³/mol. The first-order valence-corrected chi connectivity index (χ1v) is 7.72. The molecule has 0 radical (unpaired) electrons. The molecule has 2 aromatic heterocycles. The summed E-state index contributed by atoms with van der Waals surface area (Å²) >= 11 is 0. The van der Waals surface area contributed by atoms with E-state index in [0.717, 1.165) is 0 Å². The highest BCUT2D eigenvalue weighted by Gasteiger charge is 2.45. The number of imidazole rings is 1. The van der Waals surface area contributed by atoms with Crippen molar-refractivity contribution in [3.05, 3.63) is 35.9 Å². The summed E-state index contributed by atoms with van der Waals surface area (Å²) in [6.07, 6.45) is 2.80. The Hall–Kier alpha value is -2.71. The van der Waals surface area contributed by atoms with Crippen LogP contribution >= 0.6 is 0 Å². The van der Waals surface area contributed by atoms with Gasteiger partial charge < -0.3 is 19.3 Å². The Balaban J connectivity index is 1.81. The zero-order valence-electron chi connectivity index (χ0n) is 13.8. The molecule has 134 valence electrons. The van der Waals surface area contributed by atoms with Crippen LogP contribution in [0.1, 0.15) is 23.0 Å². The third kappa shape index (κ3) is 3.40. The number of ether oxygens (including phenoxy) is 1. The number of carboxylic acids is 1. The molecule has 1 fully saturated rings. The molecule has 1 atom stereocenters. The second-order valence-corrected chi connectivity index (χ2v) is 6.12. The van der Waals surface area contributed by atoms with Gasteiger partial charge in [0.15, 0.2) is 5.69 Å². The minimum Gasteiger partial charge on any atom is -0.481 e. The molecular formula is C16H18F2N4O3. The summed E-state index contributed by atoms with van der Waals surface area (Å²) < 4.78 is 34.3. The average molecular weight is 352 g/mol. The monoisotopic (exact) mass is 352 g/mol. The topological polar surface area (TPSA) is 80.5 Å². The molecule has 1 saturated heterocycles. The molecule has 0 amide bonds. The Morgan fingerprint density at radius 2 is 2.24 bits per heavy atom. The molecule has 1 aliphatic heterocycles. The number of aromatic carboxylic acids is 1. The van der Waals surface area contributed by atoms with Gasteiger partial charge in [-0.25, -0.2) is 18.6 Å². The lowest BCUT2D eigenvalue weighted by Gasteiger charge is -2.18. The Bertz CT molecular complexity index is 793. The minimum atomic E-state index is -2.74. The Labute approximate surface area is 142 Å². The van der Waals surface area contributed by atoms with E-state index in [9.17, 15) is 13.6 Å². The van der Waals surface area contributed by atoms with Gasteiger partial charge in [-0.05, 0) is 12.1 Å². The van der Waals surface area contributed by atoms with E-state index in [1.54, 1.807) is 16.7 Å². The number of rotatable bonds is 5. The van der Waals surface area contributed by atoms with Gasteiger partial charge in [0.25, 0.3) is 5.92 Å². The van der Waals surface area contributed by atoms with Gasteiger partial charge in [-0.1, -0.05) is 6.92 Å². The van der Waals surface area contributed by atoms with E-state index in [2.05, 4.69) is 9.97 Å². The van der Waals surface area contributed by atoms with Crippen LogP contribution in [-0.2, 0) is 6.54 Å². The number of methoxy groups -OCH3 is 1. The fourth-order valence-electron chi connectivity index (χ4n) is 2.80. The SMILES string of the molecule is COc1nc(N2CC(C)C(F)(F)C2)ccc1Cn1cnc(C(=O)O)c1. The Morgan fingerprint density at radius 1 is 1.48 bits per heavy atom. The number of carboxylic acid groups (broad SMARTS) is 1. The molecule has 3 rings (SSSR count). The van der Waals surface area contributed by atoms with Crippen LogP contribution in [0.5, 0.6) is 5.88 Å². The molecular weight excluding hydrogens is 334 g/mol. The van der Waals surface area contributed by atoms with Crippen molar-refractivity contribution < 1.29 is 23.4 Å². The lowest BCUT2D eigenvalue weighted by Crippen LogP contribution is -2.27. The molecule has 0 bridgehead atoms. The average Bonchev–Trinajstić information content (AvgIpc) is 3.13. The molecule has 25 heavy (non-hydrogen) atoms. The van der Waals surface area contributed by atoms with Crippen molar-refractivity contribution in [2.75, 3.05) is 25.1 Å². The van der Waals surface area contributed by atoms with Gasteiger partial charge in [0.05, 0.1) is 26.5 Å². The summed E-state index contributed by atoms with van der Waals surface area (Å²) in [6, 6.07) is 3.41. The first kappa shape index (κ1) is 17.1. The van der Waals surface area contributed by atoms with Crippen molar-refractivity contribution in [3.8, 4) is 5.88 Å². The number of aromatic nitrogens is 3. The van der Waals surface area contributed by atoms with Crippen LogP contribution in [-0.4, -0.2) is 51.7 Å². The van der Waals surface area contributed by atoms with Gasteiger partial charge in [-0.3, -0.25) is 0 Å². The number of halogens is 2. The maximum absolute atomic E-state index is 13.7. The van der Waals surface area contributed by atoms with E-state index in [1.807, 2.05) is 0 Å². The van der Waals surface area contributed by atoms with Gasteiger partial charge >= 0.3 is 5.97 Å². The highest BCUT2D eigenvalue weighted by Crippen LogP contribution is 2.35. The summed E-state index contributed by atoms with van der Waals surface area (Å²) in [7, 11) is 1.45. The molecule has 1 N–H and O–H groups in total. The molecule has 0 aromatic carbocycles. The lowest BCUT2D eigenvalue weighted by molar-refractivity contribution is -0.0138. The zero-order chi connectivity index (χ0) is 18.2. The van der Waals surface area contributed by atoms with Gasteiger partial charge in [0.2, 0.25) is 5.88 Å². The second kappa shape index (κ2) is 6.30. The lowest BCUT2D eigenvalue weighted by atomic mass is 10.1. The van der Waals surface area contributed by atoms with Crippen LogP contribution in [0.3, 0.4) is 0 Å². The van der Waals surface area contributed by atoms with Gasteiger partial charge in [-0.15, -0.1) is 0 Å². The maximum atomic E-state index is 13.7. The van der Waals surface area contributed by atoms with Crippen molar-refractivity contribution in [1.82, 2.24) is 14.5 Å². The Morgan fingerprint density at radius 3 is 2.80 bits per heavy atom. The van der Waals surface area contributed by atoms with E-state index >= 15 is 0 Å². The van der Waals surface area contributed by atoms with E-state index in [-0.39, 0.29) is 18.8 Å². The van der Waals surface area contributed by atoms with Gasteiger partial charge in [0.1, 0.15) is 5.82 Å². The van der Waals surface area contributed by atoms with Crippen LogP contribution in [0.2, 0.25) is 0 Å². The largest absolute Gasteiger partial charge is 0.481 e. The van der Waals surface area contributed by atoms with Crippen LogP contribution in [0.25, 0.3) is 0 Å². The second-order valence-electron chi connectivity index (χ2n) is 6.12. The first-order chi connectivity index (χ1) is 11.8. The minimum absolute atomic E-state index is 0.0585. The van der Waals surface area contributed by atoms with Crippen LogP contribution in [0, 0.1) is 5.92 Å². The van der Waals surface area contributed by atoms with Crippen molar-refractivity contribution in [3.63, 3.8) is 0 Å². The number of alkyl halides is 2. The standard InChI is InChI=1S/C16H18F2N4O3/c1-10-5-22(8-16(10,17)18)13-4-3-11(14(20-13)25-2)6-21-7-12(15(23)24)19-9-21/h3-4,7,9-10H,5-6,8H2,1-2H3,(H,23,24). The van der Waals surface area contributed by atoms with Crippen molar-refractivity contribution in [2.45, 2.75) is 19.4 Å². The third-order valence-electron chi connectivity index (χ3n) is 4.26. The fraction of sp³-hybridized carbons (Fsp3) is 0.438. The van der Waals surface area contributed by atoms with E-state index in [1.165, 1.54) is 31.5 Å². The third-order valence-corrected chi connectivity index (χ3v) is 4.26. The van der Waals surface area contributed by atoms with Crippen molar-refractivity contribution >= 4 is 11.8 Å². The molecule has 0 saturated carbocycles. The summed E-state index contributed by atoms with van der Waals surface area (Å²) in [5, 5.41) is 8.91. The van der Waals surface area contributed by atoms with E-state index < -0.39 is 17.8 Å². The predicted octanol–water partition coefficient (Wildman–Crippen LogP) is 2.12. The number of anilines is 1. The smallest absolute Gasteiger partial charge is 0.356 e. The van der Waals surface area contributed by atoms with Gasteiger partial charge in [-0.2, -0.15) is 4.98 Å². The summed E-state index contributed by atoms with van der Waals surface area (Å²) in [5.74, 6) is -3.84. The maximum Gasteiger partial charge on any atom is 0.356 e. The van der Waals surface area contributed by atoms with E-state index in [0.29, 0.717) is 23.8 Å². The number of nitrogens with zero attached hydrogens (tertiary/aromatic N) is 4. The molecule has 1 unspecified atom stereocenters. The number of hydrogen-bond donors (Lipinski definition) is 1.